The van der Waals surface area contributed by atoms with Crippen molar-refractivity contribution in [3.8, 4) is 0 Å². The molecule has 4 heterocycles. The highest BCUT2D eigenvalue weighted by molar-refractivity contribution is 7.89. The van der Waals surface area contributed by atoms with Crippen LogP contribution in [0.3, 0.4) is 0 Å². The summed E-state index contributed by atoms with van der Waals surface area (Å²) >= 11 is 0. The van der Waals surface area contributed by atoms with E-state index in [2.05, 4.69) is 5.32 Å². The third kappa shape index (κ3) is 5.87. The second kappa shape index (κ2) is 12.2. The molecule has 3 saturated heterocycles. The van der Waals surface area contributed by atoms with Gasteiger partial charge in [-0.25, -0.2) is 17.6 Å². The number of nitrogens with zero attached hydrogens (tertiary/aromatic N) is 4. The van der Waals surface area contributed by atoms with Crippen LogP contribution >= 0.6 is 0 Å². The lowest BCUT2D eigenvalue weighted by Gasteiger charge is -2.39. The molecule has 1 atom stereocenters. The van der Waals surface area contributed by atoms with Crippen LogP contribution in [0.25, 0.3) is 0 Å². The van der Waals surface area contributed by atoms with Crippen LogP contribution in [0.5, 0.6) is 0 Å². The zero-order chi connectivity index (χ0) is 31.0. The Bertz CT molecular complexity index is 1570. The van der Waals surface area contributed by atoms with Crippen molar-refractivity contribution in [2.45, 2.75) is 50.1 Å². The van der Waals surface area contributed by atoms with E-state index in [0.717, 1.165) is 11.6 Å². The van der Waals surface area contributed by atoms with Crippen molar-refractivity contribution < 1.29 is 36.7 Å². The molecule has 234 valence electrons. The Hall–Kier alpha value is -4.04. The number of sulfonamides is 1. The van der Waals surface area contributed by atoms with E-state index in [0.29, 0.717) is 37.2 Å². The van der Waals surface area contributed by atoms with Gasteiger partial charge in [0.05, 0.1) is 5.25 Å². The molecule has 4 amide bonds. The number of carbonyl (C=O) groups excluding carboxylic acids is 4. The lowest BCUT2D eigenvalue weighted by Crippen LogP contribution is -2.53. The van der Waals surface area contributed by atoms with Gasteiger partial charge in [0.1, 0.15) is 18.5 Å². The number of hydrogen-bond donors (Lipinski definition) is 1. The number of anilines is 1. The molecular formula is C30H34FN5O7S. The second-order valence-electron chi connectivity index (χ2n) is 11.5. The van der Waals surface area contributed by atoms with Crippen LogP contribution in [0.4, 0.5) is 14.9 Å². The highest BCUT2D eigenvalue weighted by Crippen LogP contribution is 2.36. The number of imide groups is 1. The molecule has 2 aromatic rings. The molecule has 6 rings (SSSR count). The lowest BCUT2D eigenvalue weighted by molar-refractivity contribution is -0.136. The number of rotatable bonds is 6. The van der Waals surface area contributed by atoms with E-state index in [1.165, 1.54) is 20.2 Å². The van der Waals surface area contributed by atoms with Gasteiger partial charge in [-0.05, 0) is 37.0 Å². The van der Waals surface area contributed by atoms with Gasteiger partial charge in [-0.3, -0.25) is 19.7 Å². The summed E-state index contributed by atoms with van der Waals surface area (Å²) in [6.45, 7) is 1.80. The number of likely N-dealkylation sites (tertiary alicyclic amines) is 1. The van der Waals surface area contributed by atoms with Gasteiger partial charge in [0, 0.05) is 69.0 Å². The van der Waals surface area contributed by atoms with Crippen LogP contribution < -0.4 is 10.2 Å². The third-order valence-corrected chi connectivity index (χ3v) is 11.3. The van der Waals surface area contributed by atoms with Crippen molar-refractivity contribution >= 4 is 39.5 Å². The second-order valence-corrected chi connectivity index (χ2v) is 13.7. The molecule has 1 N–H and O–H groups in total. The number of piperidine rings is 2. The smallest absolute Gasteiger partial charge is 0.410 e. The molecule has 0 bridgehead atoms. The summed E-state index contributed by atoms with van der Waals surface area (Å²) in [7, 11) is -3.64. The maximum Gasteiger partial charge on any atom is 0.410 e. The maximum atomic E-state index is 14.7. The predicted octanol–water partition coefficient (Wildman–Crippen LogP) is 1.84. The monoisotopic (exact) mass is 627 g/mol. The number of fused-ring (bicyclic) bond motifs is 1. The number of carbonyl (C=O) groups is 4. The molecule has 4 aliphatic rings. The summed E-state index contributed by atoms with van der Waals surface area (Å²) in [6.07, 6.45) is 0.464. The average Bonchev–Trinajstić information content (AvgIpc) is 3.35. The number of ether oxygens (including phenoxy) is 1. The number of amides is 4. The summed E-state index contributed by atoms with van der Waals surface area (Å²) in [5.74, 6) is -1.99. The van der Waals surface area contributed by atoms with E-state index in [9.17, 15) is 32.0 Å². The quantitative estimate of drug-likeness (QED) is 0.480. The molecule has 4 aliphatic heterocycles. The Morgan fingerprint density at radius 1 is 0.955 bits per heavy atom. The Balaban J connectivity index is 1.05. The molecular weight excluding hydrogens is 593 g/mol. The fourth-order valence-electron chi connectivity index (χ4n) is 6.43. The highest BCUT2D eigenvalue weighted by atomic mass is 32.2. The zero-order valence-corrected chi connectivity index (χ0v) is 24.9. The van der Waals surface area contributed by atoms with E-state index in [1.807, 2.05) is 35.2 Å². The van der Waals surface area contributed by atoms with Gasteiger partial charge >= 0.3 is 6.09 Å². The first-order chi connectivity index (χ1) is 21.1. The first kappa shape index (κ1) is 30.0. The van der Waals surface area contributed by atoms with Crippen molar-refractivity contribution in [1.29, 1.82) is 0 Å². The Kier molecular flexibility index (Phi) is 8.29. The van der Waals surface area contributed by atoms with Gasteiger partial charge in [0.25, 0.3) is 5.91 Å². The van der Waals surface area contributed by atoms with Gasteiger partial charge in [0.15, 0.2) is 0 Å². The first-order valence-electron chi connectivity index (χ1n) is 14.8. The molecule has 1 unspecified atom stereocenters. The predicted molar refractivity (Wildman–Crippen MR) is 156 cm³/mol. The van der Waals surface area contributed by atoms with E-state index in [-0.39, 0.29) is 63.6 Å². The van der Waals surface area contributed by atoms with Gasteiger partial charge < -0.3 is 19.4 Å². The molecule has 2 aromatic carbocycles. The molecule has 3 fully saturated rings. The number of benzene rings is 2. The van der Waals surface area contributed by atoms with Crippen LogP contribution in [0.2, 0.25) is 0 Å². The number of hydrogen-bond acceptors (Lipinski definition) is 8. The molecule has 0 spiro atoms. The Labute approximate surface area is 254 Å². The summed E-state index contributed by atoms with van der Waals surface area (Å²) < 4.78 is 48.6. The zero-order valence-electron chi connectivity index (χ0n) is 24.1. The van der Waals surface area contributed by atoms with E-state index < -0.39 is 45.0 Å². The highest BCUT2D eigenvalue weighted by Gasteiger charge is 2.42. The summed E-state index contributed by atoms with van der Waals surface area (Å²) in [5.41, 5.74) is 2.14. The molecule has 0 saturated carbocycles. The Morgan fingerprint density at radius 3 is 2.34 bits per heavy atom. The number of piperazine rings is 1. The summed E-state index contributed by atoms with van der Waals surface area (Å²) in [5, 5.41) is 1.64. The average molecular weight is 628 g/mol. The van der Waals surface area contributed by atoms with Gasteiger partial charge in [-0.1, -0.05) is 30.3 Å². The van der Waals surface area contributed by atoms with Crippen LogP contribution in [-0.2, 0) is 37.5 Å². The van der Waals surface area contributed by atoms with Gasteiger partial charge in [-0.2, -0.15) is 4.31 Å². The van der Waals surface area contributed by atoms with Crippen LogP contribution in [0, 0.1) is 5.82 Å². The van der Waals surface area contributed by atoms with Crippen LogP contribution in [0.1, 0.15) is 47.2 Å². The maximum absolute atomic E-state index is 14.7. The SMILES string of the molecule is O=C1CCC(N2Cc3c(cc(F)cc3N3CCN(S(=O)(=O)C4CCN(C(=O)OCc5ccccc5)CC4)CC3)C2=O)C(=O)N1. The largest absolute Gasteiger partial charge is 0.445 e. The molecule has 44 heavy (non-hydrogen) atoms. The van der Waals surface area contributed by atoms with Crippen molar-refractivity contribution in [1.82, 2.24) is 19.4 Å². The van der Waals surface area contributed by atoms with Crippen molar-refractivity contribution in [2.24, 2.45) is 0 Å². The normalized spacial score (nSPS) is 21.8. The molecule has 12 nitrogen and oxygen atoms in total. The first-order valence-corrected chi connectivity index (χ1v) is 16.3. The fraction of sp³-hybridized carbons (Fsp3) is 0.467. The third-order valence-electron chi connectivity index (χ3n) is 8.86. The van der Waals surface area contributed by atoms with E-state index in [4.69, 9.17) is 4.74 Å². The van der Waals surface area contributed by atoms with Crippen molar-refractivity contribution in [3.63, 3.8) is 0 Å². The van der Waals surface area contributed by atoms with Gasteiger partial charge in [-0.15, -0.1) is 0 Å². The van der Waals surface area contributed by atoms with Crippen LogP contribution in [-0.4, -0.2) is 96.9 Å². The fourth-order valence-corrected chi connectivity index (χ4v) is 8.33. The van der Waals surface area contributed by atoms with Crippen molar-refractivity contribution in [2.75, 3.05) is 44.2 Å². The minimum atomic E-state index is -3.64. The summed E-state index contributed by atoms with van der Waals surface area (Å²) in [6, 6.07) is 11.0. The summed E-state index contributed by atoms with van der Waals surface area (Å²) in [4.78, 5) is 54.5. The standard InChI is InChI=1S/C30H34FN5O7S/c31-21-16-23-24(18-36(29(23)39)25-6-7-27(37)32-28(25)38)26(17-21)33-12-14-35(15-13-33)44(41,42)22-8-10-34(11-9-22)30(40)43-19-20-4-2-1-3-5-20/h1-5,16-17,22,25H,6-15,18-19H2,(H,32,37,38). The lowest BCUT2D eigenvalue weighted by atomic mass is 10.0. The minimum Gasteiger partial charge on any atom is -0.445 e. The Morgan fingerprint density at radius 2 is 1.66 bits per heavy atom. The molecule has 14 heteroatoms. The van der Waals surface area contributed by atoms with E-state index in [1.54, 1.807) is 0 Å². The minimum absolute atomic E-state index is 0.0981. The van der Waals surface area contributed by atoms with E-state index >= 15 is 0 Å². The van der Waals surface area contributed by atoms with Crippen molar-refractivity contribution in [3.05, 3.63) is 65.0 Å². The van der Waals surface area contributed by atoms with Gasteiger partial charge in [0.2, 0.25) is 21.8 Å². The number of nitrogens with one attached hydrogen (secondary N) is 1. The number of halogens is 1. The molecule has 0 aromatic heterocycles. The molecule has 0 aliphatic carbocycles. The molecule has 0 radical (unpaired) electrons. The topological polar surface area (TPSA) is 137 Å². The van der Waals surface area contributed by atoms with Crippen LogP contribution in [0.15, 0.2) is 42.5 Å².